The molecule has 0 aromatic rings. The molecule has 1 N–H and O–H groups in total. The van der Waals surface area contributed by atoms with Gasteiger partial charge in [-0.15, -0.1) is 0 Å². The van der Waals surface area contributed by atoms with Crippen molar-refractivity contribution < 1.29 is 9.53 Å². The van der Waals surface area contributed by atoms with E-state index in [9.17, 15) is 4.79 Å². The standard InChI is InChI=1S/C12H21NO2/c14-12(11-3-6-15-7-4-11)8-10-2-1-5-13-9-10/h10-11,13H,1-9H2. The number of ketones is 1. The molecule has 2 heterocycles. The van der Waals surface area contributed by atoms with Crippen LogP contribution in [0, 0.1) is 11.8 Å². The third kappa shape index (κ3) is 3.28. The number of rotatable bonds is 3. The molecule has 1 atom stereocenters. The smallest absolute Gasteiger partial charge is 0.136 e. The van der Waals surface area contributed by atoms with Gasteiger partial charge in [-0.3, -0.25) is 4.79 Å². The van der Waals surface area contributed by atoms with Crippen LogP contribution >= 0.6 is 0 Å². The Morgan fingerprint density at radius 2 is 2.07 bits per heavy atom. The molecule has 1 unspecified atom stereocenters. The first-order valence-electron chi connectivity index (χ1n) is 6.17. The van der Waals surface area contributed by atoms with E-state index in [-0.39, 0.29) is 0 Å². The second kappa shape index (κ2) is 5.61. The second-order valence-electron chi connectivity index (χ2n) is 4.77. The summed E-state index contributed by atoms with van der Waals surface area (Å²) >= 11 is 0. The van der Waals surface area contributed by atoms with Gasteiger partial charge in [0.15, 0.2) is 0 Å². The van der Waals surface area contributed by atoms with Gasteiger partial charge >= 0.3 is 0 Å². The van der Waals surface area contributed by atoms with E-state index in [2.05, 4.69) is 5.32 Å². The summed E-state index contributed by atoms with van der Waals surface area (Å²) < 4.78 is 5.28. The van der Waals surface area contributed by atoms with Crippen LogP contribution in [0.2, 0.25) is 0 Å². The number of hydrogen-bond donors (Lipinski definition) is 1. The summed E-state index contributed by atoms with van der Waals surface area (Å²) in [6.07, 6.45) is 5.13. The molecule has 0 saturated carbocycles. The van der Waals surface area contributed by atoms with E-state index in [0.717, 1.165) is 45.6 Å². The van der Waals surface area contributed by atoms with Crippen LogP contribution in [0.4, 0.5) is 0 Å². The number of nitrogens with one attached hydrogen (secondary N) is 1. The van der Waals surface area contributed by atoms with Crippen LogP contribution in [0.5, 0.6) is 0 Å². The number of carbonyl (C=O) groups is 1. The van der Waals surface area contributed by atoms with Gasteiger partial charge in [-0.2, -0.15) is 0 Å². The number of hydrogen-bond acceptors (Lipinski definition) is 3. The molecule has 2 fully saturated rings. The maximum atomic E-state index is 12.0. The monoisotopic (exact) mass is 211 g/mol. The molecule has 2 saturated heterocycles. The SMILES string of the molecule is O=C(CC1CCCNC1)C1CCOCC1. The summed E-state index contributed by atoms with van der Waals surface area (Å²) in [6, 6.07) is 0. The highest BCUT2D eigenvalue weighted by Crippen LogP contribution is 2.22. The van der Waals surface area contributed by atoms with Gasteiger partial charge in [0.2, 0.25) is 0 Å². The van der Waals surface area contributed by atoms with E-state index < -0.39 is 0 Å². The zero-order valence-electron chi connectivity index (χ0n) is 9.34. The van der Waals surface area contributed by atoms with Gasteiger partial charge in [0.1, 0.15) is 5.78 Å². The van der Waals surface area contributed by atoms with Gasteiger partial charge in [-0.1, -0.05) is 0 Å². The minimum atomic E-state index is 0.292. The lowest BCUT2D eigenvalue weighted by Crippen LogP contribution is -2.33. The molecule has 0 bridgehead atoms. The van der Waals surface area contributed by atoms with Crippen LogP contribution in [0.3, 0.4) is 0 Å². The molecule has 2 rings (SSSR count). The molecular weight excluding hydrogens is 190 g/mol. The minimum absolute atomic E-state index is 0.292. The Kier molecular flexibility index (Phi) is 4.15. The van der Waals surface area contributed by atoms with Crippen molar-refractivity contribution in [1.82, 2.24) is 5.32 Å². The molecule has 0 amide bonds. The van der Waals surface area contributed by atoms with Crippen LogP contribution < -0.4 is 5.32 Å². The van der Waals surface area contributed by atoms with Crippen molar-refractivity contribution in [3.05, 3.63) is 0 Å². The highest BCUT2D eigenvalue weighted by atomic mass is 16.5. The zero-order valence-corrected chi connectivity index (χ0v) is 9.34. The lowest BCUT2D eigenvalue weighted by molar-refractivity contribution is -0.126. The van der Waals surface area contributed by atoms with Crippen molar-refractivity contribution in [2.45, 2.75) is 32.1 Å². The van der Waals surface area contributed by atoms with Crippen molar-refractivity contribution >= 4 is 5.78 Å². The molecule has 0 aliphatic carbocycles. The zero-order chi connectivity index (χ0) is 10.5. The quantitative estimate of drug-likeness (QED) is 0.766. The summed E-state index contributed by atoms with van der Waals surface area (Å²) in [7, 11) is 0. The van der Waals surface area contributed by atoms with Gasteiger partial charge in [0.25, 0.3) is 0 Å². The Bertz CT molecular complexity index is 206. The van der Waals surface area contributed by atoms with Crippen molar-refractivity contribution in [1.29, 1.82) is 0 Å². The molecule has 0 aromatic carbocycles. The first-order valence-corrected chi connectivity index (χ1v) is 6.17. The van der Waals surface area contributed by atoms with Gasteiger partial charge < -0.3 is 10.1 Å². The molecule has 0 radical (unpaired) electrons. The highest BCUT2D eigenvalue weighted by Gasteiger charge is 2.24. The van der Waals surface area contributed by atoms with Crippen molar-refractivity contribution in [3.8, 4) is 0 Å². The fraction of sp³-hybridized carbons (Fsp3) is 0.917. The summed E-state index contributed by atoms with van der Waals surface area (Å²) in [5.41, 5.74) is 0. The molecule has 0 spiro atoms. The molecule has 15 heavy (non-hydrogen) atoms. The maximum Gasteiger partial charge on any atom is 0.136 e. The number of ether oxygens (including phenoxy) is 1. The Morgan fingerprint density at radius 1 is 1.27 bits per heavy atom. The van der Waals surface area contributed by atoms with E-state index in [1.807, 2.05) is 0 Å². The topological polar surface area (TPSA) is 38.3 Å². The summed E-state index contributed by atoms with van der Waals surface area (Å²) in [5, 5.41) is 3.37. The van der Waals surface area contributed by atoms with Crippen LogP contribution in [0.15, 0.2) is 0 Å². The lowest BCUT2D eigenvalue weighted by atomic mass is 9.86. The van der Waals surface area contributed by atoms with Crippen LogP contribution in [0.1, 0.15) is 32.1 Å². The van der Waals surface area contributed by atoms with Crippen LogP contribution in [-0.4, -0.2) is 32.1 Å². The largest absolute Gasteiger partial charge is 0.381 e. The Hall–Kier alpha value is -0.410. The molecule has 0 aromatic heterocycles. The molecule has 86 valence electrons. The third-order valence-electron chi connectivity index (χ3n) is 3.57. The molecule has 3 heteroatoms. The predicted octanol–water partition coefficient (Wildman–Crippen LogP) is 1.37. The fourth-order valence-electron chi connectivity index (χ4n) is 2.57. The van der Waals surface area contributed by atoms with E-state index in [4.69, 9.17) is 4.74 Å². The average molecular weight is 211 g/mol. The molecular formula is C12H21NO2. The number of piperidine rings is 1. The summed E-state index contributed by atoms with van der Waals surface area (Å²) in [6.45, 7) is 3.72. The Balaban J connectivity index is 1.74. The Labute approximate surface area is 91.6 Å². The minimum Gasteiger partial charge on any atom is -0.381 e. The summed E-state index contributed by atoms with van der Waals surface area (Å²) in [4.78, 5) is 12.0. The molecule has 2 aliphatic heterocycles. The average Bonchev–Trinajstić information content (AvgIpc) is 2.31. The molecule has 3 nitrogen and oxygen atoms in total. The lowest BCUT2D eigenvalue weighted by Gasteiger charge is -2.26. The van der Waals surface area contributed by atoms with Gasteiger partial charge in [-0.25, -0.2) is 0 Å². The first-order chi connectivity index (χ1) is 7.36. The van der Waals surface area contributed by atoms with Crippen molar-refractivity contribution in [2.75, 3.05) is 26.3 Å². The number of Topliss-reactive ketones (excluding diaryl/α,β-unsaturated/α-hetero) is 1. The highest BCUT2D eigenvalue weighted by molar-refractivity contribution is 5.81. The van der Waals surface area contributed by atoms with E-state index in [1.165, 1.54) is 12.8 Å². The summed E-state index contributed by atoms with van der Waals surface area (Å²) in [5.74, 6) is 1.36. The number of carbonyl (C=O) groups excluding carboxylic acids is 1. The molecule has 2 aliphatic rings. The van der Waals surface area contributed by atoms with E-state index >= 15 is 0 Å². The van der Waals surface area contributed by atoms with Gasteiger partial charge in [-0.05, 0) is 44.7 Å². The third-order valence-corrected chi connectivity index (χ3v) is 3.57. The van der Waals surface area contributed by atoms with E-state index in [0.29, 0.717) is 17.6 Å². The van der Waals surface area contributed by atoms with Crippen LogP contribution in [0.25, 0.3) is 0 Å². The van der Waals surface area contributed by atoms with Crippen molar-refractivity contribution in [2.24, 2.45) is 11.8 Å². The van der Waals surface area contributed by atoms with Crippen molar-refractivity contribution in [3.63, 3.8) is 0 Å². The van der Waals surface area contributed by atoms with Crippen LogP contribution in [-0.2, 0) is 9.53 Å². The normalized spacial score (nSPS) is 28.9. The predicted molar refractivity (Wildman–Crippen MR) is 58.8 cm³/mol. The first kappa shape index (κ1) is 11.1. The van der Waals surface area contributed by atoms with Gasteiger partial charge in [0.05, 0.1) is 0 Å². The fourth-order valence-corrected chi connectivity index (χ4v) is 2.57. The van der Waals surface area contributed by atoms with E-state index in [1.54, 1.807) is 0 Å². The second-order valence-corrected chi connectivity index (χ2v) is 4.77. The maximum absolute atomic E-state index is 12.0. The Morgan fingerprint density at radius 3 is 2.73 bits per heavy atom. The van der Waals surface area contributed by atoms with Gasteiger partial charge in [0, 0.05) is 25.6 Å².